The monoisotopic (exact) mass is 1290 g/mol. The van der Waals surface area contributed by atoms with E-state index in [0.29, 0.717) is 0 Å². The smallest absolute Gasteiger partial charge is 0.0103 e. The maximum Gasteiger partial charge on any atom is -0.0103 e. The average molecular weight is 1290 g/mol. The first-order valence-electron chi connectivity index (χ1n) is 34.9. The summed E-state index contributed by atoms with van der Waals surface area (Å²) in [6.07, 6.45) is 0. The lowest BCUT2D eigenvalue weighted by Crippen LogP contribution is -1.88. The van der Waals surface area contributed by atoms with Crippen LogP contribution >= 0.6 is 0 Å². The molecule has 0 bridgehead atoms. The summed E-state index contributed by atoms with van der Waals surface area (Å²) in [6.45, 7) is 21.5. The van der Waals surface area contributed by atoms with Gasteiger partial charge in [0.25, 0.3) is 0 Å². The van der Waals surface area contributed by atoms with Crippen molar-refractivity contribution in [1.29, 1.82) is 0 Å². The molecular formula is C100H90. The zero-order valence-corrected chi connectivity index (χ0v) is 59.6. The molecular weight excluding hydrogens is 1200 g/mol. The van der Waals surface area contributed by atoms with E-state index in [1.165, 1.54) is 167 Å². The predicted octanol–water partition coefficient (Wildman–Crippen LogP) is 28.2. The molecule has 0 N–H and O–H groups in total. The highest BCUT2D eigenvalue weighted by Crippen LogP contribution is 2.37. The largest absolute Gasteiger partial charge is 0.0620 e. The normalized spacial score (nSPS) is 10.5. The third kappa shape index (κ3) is 18.1. The zero-order chi connectivity index (χ0) is 69.7. The molecule has 15 aromatic rings. The summed E-state index contributed by atoms with van der Waals surface area (Å²) in [5.41, 5.74) is 38.9. The summed E-state index contributed by atoms with van der Waals surface area (Å²) in [5.74, 6) is 0. The van der Waals surface area contributed by atoms with Crippen molar-refractivity contribution in [3.8, 4) is 111 Å². The van der Waals surface area contributed by atoms with Gasteiger partial charge in [-0.1, -0.05) is 368 Å². The van der Waals surface area contributed by atoms with Gasteiger partial charge in [0.1, 0.15) is 0 Å². The fraction of sp³-hybridized carbons (Fsp3) is 0.100. The summed E-state index contributed by atoms with van der Waals surface area (Å²) in [6, 6.07) is 130. The second-order valence-corrected chi connectivity index (χ2v) is 26.2. The van der Waals surface area contributed by atoms with Gasteiger partial charge in [0.2, 0.25) is 0 Å². The van der Waals surface area contributed by atoms with Crippen molar-refractivity contribution in [2.24, 2.45) is 0 Å². The first kappa shape index (κ1) is 69.6. The van der Waals surface area contributed by atoms with Crippen LogP contribution in [0.2, 0.25) is 0 Å². The molecule has 0 fully saturated rings. The van der Waals surface area contributed by atoms with Crippen LogP contribution in [0.15, 0.2) is 364 Å². The van der Waals surface area contributed by atoms with Crippen molar-refractivity contribution in [3.05, 3.63) is 420 Å². The lowest BCUT2D eigenvalue weighted by atomic mass is 9.92. The molecule has 0 atom stereocenters. The molecule has 0 aliphatic heterocycles. The second kappa shape index (κ2) is 34.0. The summed E-state index contributed by atoms with van der Waals surface area (Å²) >= 11 is 0. The molecule has 0 radical (unpaired) electrons. The molecule has 490 valence electrons. The van der Waals surface area contributed by atoms with E-state index in [0.717, 1.165) is 0 Å². The number of hydrogen-bond donors (Lipinski definition) is 0. The third-order valence-corrected chi connectivity index (χ3v) is 18.6. The molecule has 0 amide bonds. The van der Waals surface area contributed by atoms with E-state index in [9.17, 15) is 0 Å². The Hall–Kier alpha value is -11.7. The molecule has 0 nitrogen and oxygen atoms in total. The molecule has 15 aromatic carbocycles. The van der Waals surface area contributed by atoms with Crippen molar-refractivity contribution in [3.63, 3.8) is 0 Å². The standard InChI is InChI=1S/5C20H18/c1-15-8-3-5-12-19(15)17-10-7-11-18(14-17)20-13-6-4-9-16(20)2;1-15-7-5-9-17(13-15)18-10-6-11-19(14-18)20-12-4-3-8-16(20)2;1-15-8-7-10-17(14-15)19-12-5-6-13-20(19)18-11-4-3-9-16(18)2;1-15-11-13-17(14-12-15)19-9-5-6-10-20(19)18-8-4-3-7-16(18)2;1-15-10-12-17(13-11-15)18-7-5-8-19(14-18)20-9-4-3-6-16(20)2/h5*3-14H,1-2H3. The minimum Gasteiger partial charge on any atom is -0.0620 e. The van der Waals surface area contributed by atoms with Gasteiger partial charge in [0, 0.05) is 0 Å². The van der Waals surface area contributed by atoms with Gasteiger partial charge in [-0.25, -0.2) is 0 Å². The maximum absolute atomic E-state index is 2.28. The topological polar surface area (TPSA) is 0 Å². The van der Waals surface area contributed by atoms with Crippen LogP contribution in [0.25, 0.3) is 111 Å². The van der Waals surface area contributed by atoms with Crippen LogP contribution in [0.4, 0.5) is 0 Å². The number of benzene rings is 15. The molecule has 0 saturated heterocycles. The minimum absolute atomic E-state index is 1.27. The van der Waals surface area contributed by atoms with E-state index in [2.05, 4.69) is 433 Å². The number of hydrogen-bond acceptors (Lipinski definition) is 0. The quantitative estimate of drug-likeness (QED) is 0.128. The van der Waals surface area contributed by atoms with Gasteiger partial charge >= 0.3 is 0 Å². The number of aryl methyl sites for hydroxylation is 10. The van der Waals surface area contributed by atoms with Crippen LogP contribution in [0, 0.1) is 69.2 Å². The van der Waals surface area contributed by atoms with Crippen molar-refractivity contribution in [1.82, 2.24) is 0 Å². The van der Waals surface area contributed by atoms with Gasteiger partial charge in [-0.05, 0) is 232 Å². The highest BCUT2D eigenvalue weighted by Gasteiger charge is 2.12. The molecule has 0 heterocycles. The Morgan fingerprint density at radius 1 is 0.110 bits per heavy atom. The Kier molecular flexibility index (Phi) is 23.7. The first-order valence-corrected chi connectivity index (χ1v) is 34.9. The molecule has 0 aliphatic rings. The summed E-state index contributed by atoms with van der Waals surface area (Å²) < 4.78 is 0. The minimum atomic E-state index is 1.27. The van der Waals surface area contributed by atoms with Crippen LogP contribution in [0.1, 0.15) is 55.6 Å². The molecule has 15 rings (SSSR count). The highest BCUT2D eigenvalue weighted by molar-refractivity contribution is 5.87. The highest BCUT2D eigenvalue weighted by atomic mass is 14.2. The van der Waals surface area contributed by atoms with Crippen LogP contribution in [-0.2, 0) is 0 Å². The zero-order valence-electron chi connectivity index (χ0n) is 59.6. The lowest BCUT2D eigenvalue weighted by Gasteiger charge is -2.12. The Bertz CT molecular complexity index is 5110. The van der Waals surface area contributed by atoms with E-state index >= 15 is 0 Å². The fourth-order valence-corrected chi connectivity index (χ4v) is 13.0. The van der Waals surface area contributed by atoms with Crippen LogP contribution < -0.4 is 0 Å². The average Bonchev–Trinajstić information content (AvgIpc) is 0.830. The van der Waals surface area contributed by atoms with Crippen LogP contribution in [0.5, 0.6) is 0 Å². The molecule has 0 aliphatic carbocycles. The van der Waals surface area contributed by atoms with Crippen LogP contribution in [-0.4, -0.2) is 0 Å². The SMILES string of the molecule is Cc1ccc(-c2cccc(-c3ccccc3C)c2)cc1.Cc1ccc(-c2ccccc2-c2ccccc2C)cc1.Cc1cccc(-c2cccc(-c3ccccc3C)c2)c1.Cc1cccc(-c2ccccc2-c2ccccc2C)c1.Cc1ccccc1-c1cccc(-c2ccccc2C)c1. The molecule has 0 saturated carbocycles. The Morgan fingerprint density at radius 3 is 0.640 bits per heavy atom. The van der Waals surface area contributed by atoms with Gasteiger partial charge in [-0.3, -0.25) is 0 Å². The summed E-state index contributed by atoms with van der Waals surface area (Å²) in [5, 5.41) is 0. The number of rotatable bonds is 10. The van der Waals surface area contributed by atoms with E-state index < -0.39 is 0 Å². The van der Waals surface area contributed by atoms with E-state index in [4.69, 9.17) is 0 Å². The second-order valence-electron chi connectivity index (χ2n) is 26.2. The van der Waals surface area contributed by atoms with Gasteiger partial charge in [-0.2, -0.15) is 0 Å². The van der Waals surface area contributed by atoms with E-state index in [1.54, 1.807) is 0 Å². The molecule has 100 heavy (non-hydrogen) atoms. The molecule has 0 unspecified atom stereocenters. The van der Waals surface area contributed by atoms with Crippen molar-refractivity contribution >= 4 is 0 Å². The lowest BCUT2D eigenvalue weighted by molar-refractivity contribution is 1.44. The van der Waals surface area contributed by atoms with Crippen molar-refractivity contribution in [2.75, 3.05) is 0 Å². The van der Waals surface area contributed by atoms with Gasteiger partial charge in [-0.15, -0.1) is 0 Å². The molecule has 0 spiro atoms. The van der Waals surface area contributed by atoms with E-state index in [-0.39, 0.29) is 0 Å². The first-order chi connectivity index (χ1) is 48.7. The summed E-state index contributed by atoms with van der Waals surface area (Å²) in [4.78, 5) is 0. The van der Waals surface area contributed by atoms with E-state index in [1.807, 2.05) is 0 Å². The van der Waals surface area contributed by atoms with Gasteiger partial charge in [0.05, 0.1) is 0 Å². The Labute approximate surface area is 596 Å². The Morgan fingerprint density at radius 2 is 0.320 bits per heavy atom. The van der Waals surface area contributed by atoms with Crippen molar-refractivity contribution < 1.29 is 0 Å². The van der Waals surface area contributed by atoms with Crippen LogP contribution in [0.3, 0.4) is 0 Å². The molecule has 0 heteroatoms. The maximum atomic E-state index is 2.28. The van der Waals surface area contributed by atoms with Crippen molar-refractivity contribution in [2.45, 2.75) is 69.2 Å². The van der Waals surface area contributed by atoms with Gasteiger partial charge in [0.15, 0.2) is 0 Å². The third-order valence-electron chi connectivity index (χ3n) is 18.6. The summed E-state index contributed by atoms with van der Waals surface area (Å²) in [7, 11) is 0. The fourth-order valence-electron chi connectivity index (χ4n) is 13.0. The Balaban J connectivity index is 0.000000126. The van der Waals surface area contributed by atoms with Gasteiger partial charge < -0.3 is 0 Å². The molecule has 0 aromatic heterocycles. The predicted molar refractivity (Wildman–Crippen MR) is 434 cm³/mol.